The Hall–Kier alpha value is -0.890. The van der Waals surface area contributed by atoms with Crippen LogP contribution in [0.2, 0.25) is 0 Å². The van der Waals surface area contributed by atoms with Gasteiger partial charge in [0.1, 0.15) is 0 Å². The Morgan fingerprint density at radius 2 is 1.94 bits per heavy atom. The van der Waals surface area contributed by atoms with Gasteiger partial charge in [-0.1, -0.05) is 26.3 Å². The van der Waals surface area contributed by atoms with E-state index in [2.05, 4.69) is 13.8 Å². The van der Waals surface area contributed by atoms with Crippen molar-refractivity contribution in [1.29, 1.82) is 0 Å². The first kappa shape index (κ1) is 13.5. The summed E-state index contributed by atoms with van der Waals surface area (Å²) in [5, 5.41) is 0.0529. The van der Waals surface area contributed by atoms with Crippen LogP contribution in [0.15, 0.2) is 18.2 Å². The number of rotatable bonds is 4. The molecule has 1 aliphatic rings. The molecule has 2 nitrogen and oxygen atoms in total. The molecule has 2 rings (SSSR count). The van der Waals surface area contributed by atoms with Crippen LogP contribution >= 0.6 is 11.6 Å². The summed E-state index contributed by atoms with van der Waals surface area (Å²) in [7, 11) is 0. The van der Waals surface area contributed by atoms with E-state index in [9.17, 15) is 0 Å². The summed E-state index contributed by atoms with van der Waals surface area (Å²) in [6.07, 6.45) is 3.09. The normalized spacial score (nSPS) is 17.9. The molecule has 0 N–H and O–H groups in total. The Balaban J connectivity index is 2.12. The fraction of sp³-hybridized carbons (Fsp3) is 0.600. The summed E-state index contributed by atoms with van der Waals surface area (Å²) >= 11 is 6.47. The van der Waals surface area contributed by atoms with E-state index in [1.807, 2.05) is 18.2 Å². The van der Waals surface area contributed by atoms with Gasteiger partial charge in [0.05, 0.1) is 18.6 Å². The van der Waals surface area contributed by atoms with E-state index >= 15 is 0 Å². The maximum atomic E-state index is 6.47. The van der Waals surface area contributed by atoms with Crippen LogP contribution in [0.5, 0.6) is 11.5 Å². The van der Waals surface area contributed by atoms with Gasteiger partial charge < -0.3 is 9.47 Å². The zero-order chi connectivity index (χ0) is 13.0. The fourth-order valence-electron chi connectivity index (χ4n) is 2.03. The SMILES string of the molecule is CCC(C)CC(Cl)c1ccc2c(c1)OCCCO2. The van der Waals surface area contributed by atoms with Gasteiger partial charge in [-0.3, -0.25) is 0 Å². The zero-order valence-corrected chi connectivity index (χ0v) is 11.9. The maximum Gasteiger partial charge on any atom is 0.161 e. The first-order valence-electron chi connectivity index (χ1n) is 6.74. The number of halogens is 1. The molecule has 18 heavy (non-hydrogen) atoms. The molecular weight excluding hydrogens is 248 g/mol. The Bertz CT molecular complexity index is 392. The van der Waals surface area contributed by atoms with E-state index in [0.717, 1.165) is 49.5 Å². The molecule has 0 fully saturated rings. The van der Waals surface area contributed by atoms with Gasteiger partial charge in [-0.05, 0) is 30.0 Å². The lowest BCUT2D eigenvalue weighted by atomic mass is 9.98. The topological polar surface area (TPSA) is 18.5 Å². The van der Waals surface area contributed by atoms with E-state index in [0.29, 0.717) is 5.92 Å². The predicted molar refractivity (Wildman–Crippen MR) is 74.7 cm³/mol. The van der Waals surface area contributed by atoms with Gasteiger partial charge in [-0.15, -0.1) is 11.6 Å². The molecule has 2 unspecified atom stereocenters. The molecular formula is C15H21ClO2. The number of hydrogen-bond donors (Lipinski definition) is 0. The Kier molecular flexibility index (Phi) is 4.76. The van der Waals surface area contributed by atoms with Gasteiger partial charge in [-0.2, -0.15) is 0 Å². The van der Waals surface area contributed by atoms with Crippen LogP contribution in [-0.4, -0.2) is 13.2 Å². The highest BCUT2D eigenvalue weighted by Crippen LogP contribution is 2.36. The van der Waals surface area contributed by atoms with Gasteiger partial charge >= 0.3 is 0 Å². The average molecular weight is 269 g/mol. The molecule has 0 saturated carbocycles. The highest BCUT2D eigenvalue weighted by Gasteiger charge is 2.16. The zero-order valence-electron chi connectivity index (χ0n) is 11.1. The lowest BCUT2D eigenvalue weighted by Crippen LogP contribution is -2.00. The Morgan fingerprint density at radius 3 is 2.67 bits per heavy atom. The minimum atomic E-state index is 0.0529. The first-order valence-corrected chi connectivity index (χ1v) is 7.18. The third-order valence-electron chi connectivity index (χ3n) is 3.44. The highest BCUT2D eigenvalue weighted by molar-refractivity contribution is 6.20. The van der Waals surface area contributed by atoms with Crippen LogP contribution in [0.25, 0.3) is 0 Å². The Labute approximate surface area is 114 Å². The van der Waals surface area contributed by atoms with Crippen molar-refractivity contribution in [3.8, 4) is 11.5 Å². The van der Waals surface area contributed by atoms with Crippen LogP contribution in [0.4, 0.5) is 0 Å². The first-order chi connectivity index (χ1) is 8.70. The van der Waals surface area contributed by atoms with Crippen molar-refractivity contribution in [2.24, 2.45) is 5.92 Å². The summed E-state index contributed by atoms with van der Waals surface area (Å²) in [5.74, 6) is 2.31. The smallest absolute Gasteiger partial charge is 0.161 e. The van der Waals surface area contributed by atoms with Crippen LogP contribution in [0.3, 0.4) is 0 Å². The van der Waals surface area contributed by atoms with Crippen LogP contribution < -0.4 is 9.47 Å². The van der Waals surface area contributed by atoms with Gasteiger partial charge in [0.2, 0.25) is 0 Å². The second-order valence-electron chi connectivity index (χ2n) is 4.97. The second kappa shape index (κ2) is 6.33. The van der Waals surface area contributed by atoms with Gasteiger partial charge in [0.15, 0.2) is 11.5 Å². The minimum absolute atomic E-state index is 0.0529. The molecule has 0 aliphatic carbocycles. The molecule has 0 bridgehead atoms. The molecule has 0 aromatic heterocycles. The van der Waals surface area contributed by atoms with E-state index in [1.54, 1.807) is 0 Å². The summed E-state index contributed by atoms with van der Waals surface area (Å²) in [4.78, 5) is 0. The van der Waals surface area contributed by atoms with Gasteiger partial charge in [0.25, 0.3) is 0 Å². The average Bonchev–Trinajstić information content (AvgIpc) is 2.62. The van der Waals surface area contributed by atoms with E-state index in [1.165, 1.54) is 0 Å². The van der Waals surface area contributed by atoms with Crippen molar-refractivity contribution < 1.29 is 9.47 Å². The molecule has 0 spiro atoms. The standard InChI is InChI=1S/C15H21ClO2/c1-3-11(2)9-13(16)12-5-6-14-15(10-12)18-8-4-7-17-14/h5-6,10-11,13H,3-4,7-9H2,1-2H3. The number of hydrogen-bond acceptors (Lipinski definition) is 2. The van der Waals surface area contributed by atoms with Crippen molar-refractivity contribution in [3.05, 3.63) is 23.8 Å². The Morgan fingerprint density at radius 1 is 1.22 bits per heavy atom. The largest absolute Gasteiger partial charge is 0.490 e. The maximum absolute atomic E-state index is 6.47. The van der Waals surface area contributed by atoms with Crippen molar-refractivity contribution in [1.82, 2.24) is 0 Å². The quantitative estimate of drug-likeness (QED) is 0.745. The number of benzene rings is 1. The second-order valence-corrected chi connectivity index (χ2v) is 5.50. The van der Waals surface area contributed by atoms with E-state index in [-0.39, 0.29) is 5.38 Å². The third-order valence-corrected chi connectivity index (χ3v) is 3.87. The molecule has 3 heteroatoms. The predicted octanol–water partition coefficient (Wildman–Crippen LogP) is 4.56. The molecule has 0 saturated heterocycles. The lowest BCUT2D eigenvalue weighted by Gasteiger charge is -2.16. The molecule has 0 radical (unpaired) electrons. The van der Waals surface area contributed by atoms with Crippen LogP contribution in [-0.2, 0) is 0 Å². The van der Waals surface area contributed by atoms with Crippen LogP contribution in [0.1, 0.15) is 44.1 Å². The van der Waals surface area contributed by atoms with Gasteiger partial charge in [0, 0.05) is 6.42 Å². The molecule has 1 aliphatic heterocycles. The minimum Gasteiger partial charge on any atom is -0.490 e. The van der Waals surface area contributed by atoms with Crippen molar-refractivity contribution in [2.45, 2.75) is 38.5 Å². The summed E-state index contributed by atoms with van der Waals surface area (Å²) in [6.45, 7) is 5.87. The van der Waals surface area contributed by atoms with Crippen LogP contribution in [0, 0.1) is 5.92 Å². The van der Waals surface area contributed by atoms with Crippen molar-refractivity contribution in [2.75, 3.05) is 13.2 Å². The third kappa shape index (κ3) is 3.32. The summed E-state index contributed by atoms with van der Waals surface area (Å²) in [5.41, 5.74) is 1.13. The van der Waals surface area contributed by atoms with Crippen molar-refractivity contribution >= 4 is 11.6 Å². The number of ether oxygens (including phenoxy) is 2. The molecule has 2 atom stereocenters. The van der Waals surface area contributed by atoms with Gasteiger partial charge in [-0.25, -0.2) is 0 Å². The number of alkyl halides is 1. The fourth-order valence-corrected chi connectivity index (χ4v) is 2.47. The summed E-state index contributed by atoms with van der Waals surface area (Å²) in [6, 6.07) is 6.05. The molecule has 100 valence electrons. The monoisotopic (exact) mass is 268 g/mol. The molecule has 1 aromatic carbocycles. The highest BCUT2D eigenvalue weighted by atomic mass is 35.5. The number of fused-ring (bicyclic) bond motifs is 1. The van der Waals surface area contributed by atoms with E-state index < -0.39 is 0 Å². The summed E-state index contributed by atoms with van der Waals surface area (Å²) < 4.78 is 11.3. The molecule has 1 aromatic rings. The lowest BCUT2D eigenvalue weighted by molar-refractivity contribution is 0.297. The molecule has 1 heterocycles. The van der Waals surface area contributed by atoms with E-state index in [4.69, 9.17) is 21.1 Å². The van der Waals surface area contributed by atoms with Crippen molar-refractivity contribution in [3.63, 3.8) is 0 Å². The molecule has 0 amide bonds.